The van der Waals surface area contributed by atoms with Crippen LogP contribution in [-0.4, -0.2) is 4.92 Å². The Hall–Kier alpha value is -2.33. The number of nitro groups is 1. The summed E-state index contributed by atoms with van der Waals surface area (Å²) in [7, 11) is 0. The van der Waals surface area contributed by atoms with Crippen LogP contribution in [0.25, 0.3) is 0 Å². The second-order valence-electron chi connectivity index (χ2n) is 6.53. The van der Waals surface area contributed by atoms with Crippen molar-refractivity contribution in [1.82, 2.24) is 0 Å². The molecule has 0 fully saturated rings. The minimum atomic E-state index is -0.420. The minimum Gasteiger partial charge on any atom is -0.378 e. The summed E-state index contributed by atoms with van der Waals surface area (Å²) in [4.78, 5) is 10.8. The molecule has 1 N–H and O–H groups in total. The van der Waals surface area contributed by atoms with Crippen LogP contribution < -0.4 is 5.32 Å². The highest BCUT2D eigenvalue weighted by atomic mass is 35.5. The number of fused-ring (bicyclic) bond motifs is 3. The molecule has 4 nitrogen and oxygen atoms in total. The predicted octanol–water partition coefficient (Wildman–Crippen LogP) is 5.38. The van der Waals surface area contributed by atoms with E-state index in [4.69, 9.17) is 11.6 Å². The third kappa shape index (κ3) is 2.38. The van der Waals surface area contributed by atoms with Gasteiger partial charge in [-0.3, -0.25) is 10.1 Å². The topological polar surface area (TPSA) is 55.2 Å². The van der Waals surface area contributed by atoms with Crippen molar-refractivity contribution in [2.45, 2.75) is 25.3 Å². The number of benzene rings is 2. The first-order valence-corrected chi connectivity index (χ1v) is 8.40. The molecule has 122 valence electrons. The maximum Gasteiger partial charge on any atom is 0.288 e. The van der Waals surface area contributed by atoms with E-state index in [9.17, 15) is 10.1 Å². The van der Waals surface area contributed by atoms with Gasteiger partial charge in [0, 0.05) is 17.7 Å². The van der Waals surface area contributed by atoms with E-state index in [1.165, 1.54) is 11.1 Å². The molecule has 3 atom stereocenters. The lowest BCUT2D eigenvalue weighted by Gasteiger charge is -2.37. The maximum absolute atomic E-state index is 11.2. The van der Waals surface area contributed by atoms with Gasteiger partial charge < -0.3 is 5.32 Å². The maximum atomic E-state index is 11.2. The Balaban J connectivity index is 1.79. The number of nitro benzene ring substituents is 1. The van der Waals surface area contributed by atoms with Gasteiger partial charge >= 0.3 is 0 Å². The summed E-state index contributed by atoms with van der Waals surface area (Å²) in [6, 6.07) is 11.6. The summed E-state index contributed by atoms with van der Waals surface area (Å²) in [5.74, 6) is 0.709. The van der Waals surface area contributed by atoms with E-state index in [0.717, 1.165) is 17.7 Å². The number of hydrogen-bond acceptors (Lipinski definition) is 3. The van der Waals surface area contributed by atoms with Gasteiger partial charge in [0.25, 0.3) is 5.69 Å². The molecule has 2 aromatic rings. The Labute approximate surface area is 145 Å². The smallest absolute Gasteiger partial charge is 0.288 e. The molecule has 4 rings (SSSR count). The van der Waals surface area contributed by atoms with Gasteiger partial charge in [-0.15, -0.1) is 0 Å². The highest BCUT2D eigenvalue weighted by Gasteiger charge is 2.38. The third-order valence-corrected chi connectivity index (χ3v) is 5.36. The lowest BCUT2D eigenvalue weighted by atomic mass is 9.76. The molecular formula is C19H17ClN2O2. The average molecular weight is 341 g/mol. The number of halogens is 1. The van der Waals surface area contributed by atoms with Crippen LogP contribution in [0, 0.1) is 23.0 Å². The molecule has 0 unspecified atom stereocenters. The molecule has 0 amide bonds. The minimum absolute atomic E-state index is 0.0341. The van der Waals surface area contributed by atoms with Crippen LogP contribution in [0.15, 0.2) is 48.6 Å². The summed E-state index contributed by atoms with van der Waals surface area (Å²) in [6.45, 7) is 2.10. The van der Waals surface area contributed by atoms with Crippen LogP contribution in [0.5, 0.6) is 0 Å². The van der Waals surface area contributed by atoms with Crippen molar-refractivity contribution < 1.29 is 4.92 Å². The Bertz CT molecular complexity index is 862. The van der Waals surface area contributed by atoms with Crippen LogP contribution in [0.2, 0.25) is 5.02 Å². The number of rotatable bonds is 2. The van der Waals surface area contributed by atoms with Gasteiger partial charge in [0.2, 0.25) is 0 Å². The highest BCUT2D eigenvalue weighted by molar-refractivity contribution is 6.32. The van der Waals surface area contributed by atoms with E-state index in [1.54, 1.807) is 12.1 Å². The van der Waals surface area contributed by atoms with Crippen molar-refractivity contribution in [3.05, 3.63) is 80.4 Å². The summed E-state index contributed by atoms with van der Waals surface area (Å²) >= 11 is 5.97. The fraction of sp³-hybridized carbons (Fsp3) is 0.263. The van der Waals surface area contributed by atoms with Crippen molar-refractivity contribution in [1.29, 1.82) is 0 Å². The number of allylic oxidation sites excluding steroid dienone is 2. The quantitative estimate of drug-likeness (QED) is 0.453. The summed E-state index contributed by atoms with van der Waals surface area (Å²) in [5.41, 5.74) is 4.55. The van der Waals surface area contributed by atoms with Crippen molar-refractivity contribution in [2.75, 3.05) is 5.32 Å². The van der Waals surface area contributed by atoms with Crippen molar-refractivity contribution >= 4 is 23.0 Å². The second kappa shape index (κ2) is 5.64. The van der Waals surface area contributed by atoms with Gasteiger partial charge in [-0.2, -0.15) is 0 Å². The molecule has 2 aliphatic rings. The first kappa shape index (κ1) is 15.2. The Morgan fingerprint density at radius 2 is 2.08 bits per heavy atom. The number of nitrogens with one attached hydrogen (secondary N) is 1. The SMILES string of the molecule is Cc1ccc2c(c1)[C@@H]1C=CC[C@@H]1[C@@H](c1ccc(Cl)c([N+](=O)[O-])c1)N2. The van der Waals surface area contributed by atoms with Gasteiger partial charge in [0.05, 0.1) is 11.0 Å². The fourth-order valence-electron chi connectivity index (χ4n) is 3.91. The molecule has 0 spiro atoms. The first-order valence-electron chi connectivity index (χ1n) is 8.02. The van der Waals surface area contributed by atoms with Crippen LogP contribution in [-0.2, 0) is 0 Å². The van der Waals surface area contributed by atoms with E-state index in [1.807, 2.05) is 6.07 Å². The lowest BCUT2D eigenvalue weighted by Crippen LogP contribution is -2.29. The second-order valence-corrected chi connectivity index (χ2v) is 6.94. The van der Waals surface area contributed by atoms with Crippen LogP contribution in [0.3, 0.4) is 0 Å². The van der Waals surface area contributed by atoms with Crippen LogP contribution in [0.4, 0.5) is 11.4 Å². The molecule has 1 heterocycles. The largest absolute Gasteiger partial charge is 0.378 e. The van der Waals surface area contributed by atoms with Crippen molar-refractivity contribution in [3.8, 4) is 0 Å². The van der Waals surface area contributed by atoms with Crippen LogP contribution >= 0.6 is 11.6 Å². The van der Waals surface area contributed by atoms with Gasteiger partial charge in [0.15, 0.2) is 0 Å². The fourth-order valence-corrected chi connectivity index (χ4v) is 4.09. The zero-order valence-corrected chi connectivity index (χ0v) is 14.0. The Morgan fingerprint density at radius 3 is 2.88 bits per heavy atom. The third-order valence-electron chi connectivity index (χ3n) is 5.04. The summed E-state index contributed by atoms with van der Waals surface area (Å²) < 4.78 is 0. The molecule has 0 saturated carbocycles. The zero-order valence-electron chi connectivity index (χ0n) is 13.2. The lowest BCUT2D eigenvalue weighted by molar-refractivity contribution is -0.384. The van der Waals surface area contributed by atoms with Crippen LogP contribution in [0.1, 0.15) is 35.1 Å². The van der Waals surface area contributed by atoms with E-state index in [0.29, 0.717) is 11.8 Å². The van der Waals surface area contributed by atoms with Crippen molar-refractivity contribution in [2.24, 2.45) is 5.92 Å². The monoisotopic (exact) mass is 340 g/mol. The molecule has 0 saturated heterocycles. The van der Waals surface area contributed by atoms with Gasteiger partial charge in [-0.1, -0.05) is 47.5 Å². The molecule has 24 heavy (non-hydrogen) atoms. The van der Waals surface area contributed by atoms with E-state index >= 15 is 0 Å². The normalized spacial score (nSPS) is 24.2. The first-order chi connectivity index (χ1) is 11.5. The molecule has 1 aliphatic heterocycles. The van der Waals surface area contributed by atoms with E-state index in [-0.39, 0.29) is 16.8 Å². The molecule has 0 aromatic heterocycles. The van der Waals surface area contributed by atoms with E-state index in [2.05, 4.69) is 42.6 Å². The predicted molar refractivity (Wildman–Crippen MR) is 95.6 cm³/mol. The highest BCUT2D eigenvalue weighted by Crippen LogP contribution is 2.50. The van der Waals surface area contributed by atoms with Gasteiger partial charge in [-0.05, 0) is 42.5 Å². The van der Waals surface area contributed by atoms with Crippen molar-refractivity contribution in [3.63, 3.8) is 0 Å². The number of hydrogen-bond donors (Lipinski definition) is 1. The number of anilines is 1. The standard InChI is InChI=1S/C19H17ClN2O2/c1-11-5-8-17-15(9-11)13-3-2-4-14(13)19(21-17)12-6-7-16(20)18(10-12)22(23)24/h2-3,5-10,13-14,19,21H,4H2,1H3/t13-,14+,19-/m1/s1. The summed E-state index contributed by atoms with van der Waals surface area (Å²) in [5, 5.41) is 15.0. The number of nitrogens with zero attached hydrogens (tertiary/aromatic N) is 1. The van der Waals surface area contributed by atoms with Gasteiger partial charge in [-0.25, -0.2) is 0 Å². The number of aryl methyl sites for hydroxylation is 1. The zero-order chi connectivity index (χ0) is 16.8. The molecule has 2 aromatic carbocycles. The molecule has 0 bridgehead atoms. The average Bonchev–Trinajstić information content (AvgIpc) is 3.04. The Kier molecular flexibility index (Phi) is 3.57. The molecule has 5 heteroatoms. The van der Waals surface area contributed by atoms with Gasteiger partial charge in [0.1, 0.15) is 5.02 Å². The molecular weight excluding hydrogens is 324 g/mol. The Morgan fingerprint density at radius 1 is 1.25 bits per heavy atom. The summed E-state index contributed by atoms with van der Waals surface area (Å²) in [6.07, 6.45) is 5.44. The molecule has 0 radical (unpaired) electrons. The van der Waals surface area contributed by atoms with E-state index < -0.39 is 4.92 Å². The molecule has 1 aliphatic carbocycles.